The van der Waals surface area contributed by atoms with E-state index >= 15 is 0 Å². The number of ketones is 1. The molecule has 5 rings (SSSR count). The molecule has 13 heteroatoms. The zero-order valence-electron chi connectivity index (χ0n) is 29.2. The first kappa shape index (κ1) is 36.8. The Morgan fingerprint density at radius 3 is 2.14 bits per heavy atom. The molecule has 3 saturated carbocycles. The van der Waals surface area contributed by atoms with Crippen LogP contribution in [-0.2, 0) is 29.0 Å². The molecule has 0 bridgehead atoms. The molecule has 1 heterocycles. The summed E-state index contributed by atoms with van der Waals surface area (Å²) < 4.78 is 26.4. The number of rotatable bonds is 14. The number of nitrogens with zero attached hydrogens (tertiary/aromatic N) is 1. The number of hydrogen-bond donors (Lipinski definition) is 4. The molecular weight excluding hydrogens is 646 g/mol. The van der Waals surface area contributed by atoms with Crippen LogP contribution in [0.2, 0.25) is 0 Å². The highest BCUT2D eigenvalue weighted by Gasteiger charge is 2.69. The highest BCUT2D eigenvalue weighted by Crippen LogP contribution is 2.65. The molecule has 0 aromatic heterocycles. The molecule has 1 aliphatic heterocycles. The first-order chi connectivity index (χ1) is 23.1. The summed E-state index contributed by atoms with van der Waals surface area (Å²) in [5.41, 5.74) is 5.16. The number of carbonyl (C=O) groups excluding carboxylic acids is 5. The van der Waals surface area contributed by atoms with E-state index < -0.39 is 57.6 Å². The summed E-state index contributed by atoms with van der Waals surface area (Å²) in [6.45, 7) is 8.12. The molecule has 5 N–H and O–H groups in total. The van der Waals surface area contributed by atoms with Crippen LogP contribution in [0.25, 0.3) is 0 Å². The van der Waals surface area contributed by atoms with Gasteiger partial charge in [-0.25, -0.2) is 13.2 Å². The number of urea groups is 1. The number of likely N-dealkylation sites (tertiary alicyclic amines) is 1. The standard InChI is InChI=1S/C36H53N5O7S/c1-21(2)27(20-49(47,48)24-16-9-6-10-17-24)39-35(46)40-29(23-14-7-5-8-15-23)34(45)41-19-25-28(36(25,3)4)30(41)33(44)38-26(31(42)32(37)43)18-22-12-11-13-22/h6,9-10,16-17,21-23,25-30H,5,7-8,11-15,18-20H2,1-4H3,(H2,37,43)(H,38,44)(H2,39,40,46)/t25?,26?,27-,28+,29+,30+/m1/s1. The number of primary amides is 1. The molecule has 4 aliphatic rings. The quantitative estimate of drug-likeness (QED) is 0.215. The van der Waals surface area contributed by atoms with Crippen molar-refractivity contribution in [1.82, 2.24) is 20.9 Å². The van der Waals surface area contributed by atoms with Gasteiger partial charge in [-0.1, -0.05) is 84.4 Å². The van der Waals surface area contributed by atoms with Gasteiger partial charge in [0.2, 0.25) is 17.6 Å². The summed E-state index contributed by atoms with van der Waals surface area (Å²) in [4.78, 5) is 68.6. The fourth-order valence-electron chi connectivity index (χ4n) is 8.28. The third-order valence-electron chi connectivity index (χ3n) is 11.7. The van der Waals surface area contributed by atoms with Crippen molar-refractivity contribution < 1.29 is 32.4 Å². The first-order valence-electron chi connectivity index (χ1n) is 17.9. The number of amides is 5. The highest BCUT2D eigenvalue weighted by molar-refractivity contribution is 7.91. The number of carbonyl (C=O) groups is 5. The van der Waals surface area contributed by atoms with Gasteiger partial charge < -0.3 is 26.6 Å². The summed E-state index contributed by atoms with van der Waals surface area (Å²) >= 11 is 0. The molecular formula is C36H53N5O7S. The second kappa shape index (κ2) is 14.8. The van der Waals surface area contributed by atoms with E-state index in [-0.39, 0.29) is 51.6 Å². The van der Waals surface area contributed by atoms with Crippen molar-refractivity contribution in [2.45, 2.75) is 115 Å². The van der Waals surface area contributed by atoms with Gasteiger partial charge in [-0.15, -0.1) is 0 Å². The maximum absolute atomic E-state index is 14.5. The van der Waals surface area contributed by atoms with Crippen molar-refractivity contribution >= 4 is 39.4 Å². The van der Waals surface area contributed by atoms with Crippen LogP contribution in [0.5, 0.6) is 0 Å². The van der Waals surface area contributed by atoms with Crippen molar-refractivity contribution in [2.75, 3.05) is 12.3 Å². The van der Waals surface area contributed by atoms with Crippen LogP contribution in [0.3, 0.4) is 0 Å². The van der Waals surface area contributed by atoms with Gasteiger partial charge in [0.25, 0.3) is 5.91 Å². The van der Waals surface area contributed by atoms with E-state index in [9.17, 15) is 32.4 Å². The molecule has 1 saturated heterocycles. The SMILES string of the molecule is CC(C)[C@@H](CS(=O)(=O)c1ccccc1)NC(=O)N[C@H](C(=O)N1CC2[C@@H]([C@H]1C(=O)NC(CC1CCC1)C(=O)C(N)=O)C2(C)C)C1CCCCC1. The van der Waals surface area contributed by atoms with Crippen molar-refractivity contribution in [3.8, 4) is 0 Å². The van der Waals surface area contributed by atoms with Crippen molar-refractivity contribution in [1.29, 1.82) is 0 Å². The minimum atomic E-state index is -3.70. The highest BCUT2D eigenvalue weighted by atomic mass is 32.2. The van der Waals surface area contributed by atoms with Gasteiger partial charge in [-0.05, 0) is 66.4 Å². The van der Waals surface area contributed by atoms with Gasteiger partial charge in [0.15, 0.2) is 9.84 Å². The topological polar surface area (TPSA) is 185 Å². The Labute approximate surface area is 290 Å². The molecule has 3 aliphatic carbocycles. The van der Waals surface area contributed by atoms with E-state index in [0.29, 0.717) is 13.0 Å². The fraction of sp³-hybridized carbons (Fsp3) is 0.694. The Bertz CT molecular complexity index is 1520. The molecule has 0 radical (unpaired) electrons. The van der Waals surface area contributed by atoms with Gasteiger partial charge in [0.05, 0.1) is 16.7 Å². The van der Waals surface area contributed by atoms with E-state index in [4.69, 9.17) is 5.73 Å². The molecule has 0 spiro atoms. The summed E-state index contributed by atoms with van der Waals surface area (Å²) in [6, 6.07) is 3.90. The summed E-state index contributed by atoms with van der Waals surface area (Å²) in [7, 11) is -3.70. The van der Waals surface area contributed by atoms with E-state index in [2.05, 4.69) is 29.8 Å². The van der Waals surface area contributed by atoms with Crippen LogP contribution in [0.1, 0.15) is 85.5 Å². The van der Waals surface area contributed by atoms with E-state index in [1.54, 1.807) is 23.1 Å². The van der Waals surface area contributed by atoms with Crippen molar-refractivity contribution in [3.05, 3.63) is 30.3 Å². The average molecular weight is 700 g/mol. The molecule has 1 aromatic carbocycles. The molecule has 2 unspecified atom stereocenters. The number of sulfone groups is 1. The van der Waals surface area contributed by atoms with Crippen LogP contribution in [0.15, 0.2) is 35.2 Å². The Hall–Kier alpha value is -3.48. The van der Waals surface area contributed by atoms with Gasteiger partial charge in [-0.3, -0.25) is 19.2 Å². The zero-order valence-corrected chi connectivity index (χ0v) is 30.0. The van der Waals surface area contributed by atoms with Crippen LogP contribution < -0.4 is 21.7 Å². The maximum atomic E-state index is 14.5. The zero-order chi connectivity index (χ0) is 35.7. The lowest BCUT2D eigenvalue weighted by atomic mass is 9.80. The van der Waals surface area contributed by atoms with Crippen LogP contribution in [0, 0.1) is 35.0 Å². The Balaban J connectivity index is 1.34. The van der Waals surface area contributed by atoms with Crippen LogP contribution in [-0.4, -0.2) is 79.3 Å². The Morgan fingerprint density at radius 2 is 1.57 bits per heavy atom. The van der Waals surface area contributed by atoms with Gasteiger partial charge in [-0.2, -0.15) is 0 Å². The predicted molar refractivity (Wildman–Crippen MR) is 184 cm³/mol. The van der Waals surface area contributed by atoms with Crippen LogP contribution >= 0.6 is 0 Å². The van der Waals surface area contributed by atoms with Gasteiger partial charge >= 0.3 is 6.03 Å². The molecule has 12 nitrogen and oxygen atoms in total. The molecule has 4 fully saturated rings. The Kier molecular flexibility index (Phi) is 11.1. The van der Waals surface area contributed by atoms with E-state index in [0.717, 1.165) is 51.4 Å². The smallest absolute Gasteiger partial charge is 0.315 e. The van der Waals surface area contributed by atoms with Crippen molar-refractivity contribution in [3.63, 3.8) is 0 Å². The summed E-state index contributed by atoms with van der Waals surface area (Å²) in [6.07, 6.45) is 7.48. The lowest BCUT2D eigenvalue weighted by Crippen LogP contribution is -2.61. The maximum Gasteiger partial charge on any atom is 0.315 e. The van der Waals surface area contributed by atoms with E-state index in [1.165, 1.54) is 12.1 Å². The summed E-state index contributed by atoms with van der Waals surface area (Å²) in [5, 5.41) is 8.57. The second-order valence-electron chi connectivity index (χ2n) is 15.6. The summed E-state index contributed by atoms with van der Waals surface area (Å²) in [5.74, 6) is -3.31. The molecule has 270 valence electrons. The lowest BCUT2D eigenvalue weighted by molar-refractivity contribution is -0.144. The number of piperidine rings is 1. The lowest BCUT2D eigenvalue weighted by Gasteiger charge is -2.37. The molecule has 5 amide bonds. The first-order valence-corrected chi connectivity index (χ1v) is 19.6. The third kappa shape index (κ3) is 8.13. The minimum absolute atomic E-state index is 0.0680. The number of fused-ring (bicyclic) bond motifs is 1. The minimum Gasteiger partial charge on any atom is -0.363 e. The normalized spacial score (nSPS) is 25.3. The number of nitrogens with two attached hydrogens (primary N) is 1. The predicted octanol–water partition coefficient (Wildman–Crippen LogP) is 2.95. The number of hydrogen-bond acceptors (Lipinski definition) is 7. The van der Waals surface area contributed by atoms with Crippen molar-refractivity contribution in [2.24, 2.45) is 40.7 Å². The van der Waals surface area contributed by atoms with Gasteiger partial charge in [0, 0.05) is 12.6 Å². The average Bonchev–Trinajstić information content (AvgIpc) is 3.35. The Morgan fingerprint density at radius 1 is 0.918 bits per heavy atom. The van der Waals surface area contributed by atoms with E-state index in [1.807, 2.05) is 13.8 Å². The molecule has 6 atom stereocenters. The largest absolute Gasteiger partial charge is 0.363 e. The monoisotopic (exact) mass is 699 g/mol. The molecule has 49 heavy (non-hydrogen) atoms. The van der Waals surface area contributed by atoms with Crippen LogP contribution in [0.4, 0.5) is 4.79 Å². The second-order valence-corrected chi connectivity index (χ2v) is 17.7. The number of nitrogens with one attached hydrogen (secondary N) is 3. The third-order valence-corrected chi connectivity index (χ3v) is 13.5. The number of benzene rings is 1. The number of Topliss-reactive ketones (excluding diaryl/α,β-unsaturated/α-hetero) is 1. The molecule has 1 aromatic rings. The van der Waals surface area contributed by atoms with Gasteiger partial charge in [0.1, 0.15) is 12.1 Å². The fourth-order valence-corrected chi connectivity index (χ4v) is 9.98.